The monoisotopic (exact) mass is 374 g/mol. The number of aryl methyl sites for hydroxylation is 1. The molecule has 0 aromatic carbocycles. The lowest BCUT2D eigenvalue weighted by Crippen LogP contribution is -2.36. The van der Waals surface area contributed by atoms with Crippen molar-refractivity contribution in [2.75, 3.05) is 19.4 Å². The van der Waals surface area contributed by atoms with Gasteiger partial charge in [0.25, 0.3) is 0 Å². The molecule has 2 aliphatic rings. The van der Waals surface area contributed by atoms with Crippen molar-refractivity contribution in [3.8, 4) is 0 Å². The van der Waals surface area contributed by atoms with Gasteiger partial charge in [0, 0.05) is 17.0 Å². The number of aliphatic hydroxyl groups excluding tert-OH is 1. The maximum atomic E-state index is 9.90. The first-order valence-corrected chi connectivity index (χ1v) is 10.7. The van der Waals surface area contributed by atoms with Crippen LogP contribution in [0.5, 0.6) is 0 Å². The van der Waals surface area contributed by atoms with Gasteiger partial charge < -0.3 is 15.3 Å². The molecule has 142 valence electrons. The van der Waals surface area contributed by atoms with Crippen LogP contribution in [0.2, 0.25) is 0 Å². The standard InChI is InChI=1S/C20H30N4OS/c1-12(25)10-13-4-9-16-17(13)18-19(21-11-22-20(18)26-16)23-14-5-7-15(8-6-14)24(2)3/h11-15,25H,4-10H2,1-3H3,(H,21,22,23). The SMILES string of the molecule is CC(O)CC1CCc2sc3ncnc(NC4CCC(N(C)C)CC4)c3c21. The molecule has 4 rings (SSSR count). The zero-order valence-corrected chi connectivity index (χ0v) is 16.9. The Morgan fingerprint density at radius 1 is 1.23 bits per heavy atom. The Morgan fingerprint density at radius 2 is 2.00 bits per heavy atom. The predicted octanol–water partition coefficient (Wildman–Crippen LogP) is 3.78. The van der Waals surface area contributed by atoms with Gasteiger partial charge in [0.05, 0.1) is 11.5 Å². The van der Waals surface area contributed by atoms with E-state index in [9.17, 15) is 5.11 Å². The van der Waals surface area contributed by atoms with E-state index in [0.29, 0.717) is 18.0 Å². The third-order valence-electron chi connectivity index (χ3n) is 6.12. The van der Waals surface area contributed by atoms with E-state index >= 15 is 0 Å². The largest absolute Gasteiger partial charge is 0.393 e. The van der Waals surface area contributed by atoms with Gasteiger partial charge in [-0.3, -0.25) is 0 Å². The van der Waals surface area contributed by atoms with Gasteiger partial charge in [-0.25, -0.2) is 9.97 Å². The minimum absolute atomic E-state index is 0.261. The van der Waals surface area contributed by atoms with E-state index in [4.69, 9.17) is 0 Å². The van der Waals surface area contributed by atoms with E-state index in [0.717, 1.165) is 29.9 Å². The summed E-state index contributed by atoms with van der Waals surface area (Å²) < 4.78 is 0. The first-order valence-electron chi connectivity index (χ1n) is 9.90. The van der Waals surface area contributed by atoms with Crippen molar-refractivity contribution in [1.29, 1.82) is 0 Å². The summed E-state index contributed by atoms with van der Waals surface area (Å²) in [6, 6.07) is 1.20. The van der Waals surface area contributed by atoms with Crippen LogP contribution >= 0.6 is 11.3 Å². The molecule has 26 heavy (non-hydrogen) atoms. The highest BCUT2D eigenvalue weighted by Gasteiger charge is 2.31. The van der Waals surface area contributed by atoms with Crippen LogP contribution in [0.1, 0.15) is 61.8 Å². The molecular weight excluding hydrogens is 344 g/mol. The van der Waals surface area contributed by atoms with E-state index in [2.05, 4.69) is 34.3 Å². The summed E-state index contributed by atoms with van der Waals surface area (Å²) in [4.78, 5) is 14.1. The van der Waals surface area contributed by atoms with E-state index in [1.807, 2.05) is 18.3 Å². The molecule has 2 unspecified atom stereocenters. The number of nitrogens with zero attached hydrogens (tertiary/aromatic N) is 3. The Bertz CT molecular complexity index is 765. The van der Waals surface area contributed by atoms with Crippen LogP contribution in [0.4, 0.5) is 5.82 Å². The van der Waals surface area contributed by atoms with Crippen LogP contribution in [0.15, 0.2) is 6.33 Å². The zero-order chi connectivity index (χ0) is 18.3. The van der Waals surface area contributed by atoms with Gasteiger partial charge in [-0.05, 0) is 77.4 Å². The molecule has 0 spiro atoms. The first kappa shape index (κ1) is 18.1. The van der Waals surface area contributed by atoms with Crippen molar-refractivity contribution >= 4 is 27.4 Å². The molecule has 0 amide bonds. The molecule has 2 N–H and O–H groups in total. The van der Waals surface area contributed by atoms with Gasteiger partial charge in [-0.15, -0.1) is 11.3 Å². The van der Waals surface area contributed by atoms with Gasteiger partial charge in [0.2, 0.25) is 0 Å². The molecule has 1 saturated carbocycles. The average Bonchev–Trinajstić information content (AvgIpc) is 3.15. The van der Waals surface area contributed by atoms with Crippen molar-refractivity contribution in [3.63, 3.8) is 0 Å². The Balaban J connectivity index is 1.58. The average molecular weight is 375 g/mol. The lowest BCUT2D eigenvalue weighted by Gasteiger charge is -2.33. The number of aromatic nitrogens is 2. The minimum Gasteiger partial charge on any atom is -0.393 e. The third kappa shape index (κ3) is 3.47. The molecule has 0 radical (unpaired) electrons. The van der Waals surface area contributed by atoms with E-state index in [-0.39, 0.29) is 6.10 Å². The third-order valence-corrected chi connectivity index (χ3v) is 7.30. The molecule has 2 aromatic heterocycles. The van der Waals surface area contributed by atoms with Gasteiger partial charge in [-0.2, -0.15) is 0 Å². The maximum absolute atomic E-state index is 9.90. The summed E-state index contributed by atoms with van der Waals surface area (Å²) in [6.07, 6.45) is 9.40. The van der Waals surface area contributed by atoms with Crippen LogP contribution in [-0.2, 0) is 6.42 Å². The fraction of sp³-hybridized carbons (Fsp3) is 0.700. The topological polar surface area (TPSA) is 61.3 Å². The Labute approximate surface area is 159 Å². The van der Waals surface area contributed by atoms with Crippen molar-refractivity contribution in [2.24, 2.45) is 0 Å². The molecular formula is C20H30N4OS. The molecule has 2 aromatic rings. The van der Waals surface area contributed by atoms with E-state index in [1.165, 1.54) is 41.5 Å². The molecule has 2 atom stereocenters. The minimum atomic E-state index is -0.261. The van der Waals surface area contributed by atoms with Crippen molar-refractivity contribution in [2.45, 2.75) is 76.0 Å². The van der Waals surface area contributed by atoms with Crippen molar-refractivity contribution in [1.82, 2.24) is 14.9 Å². The highest BCUT2D eigenvalue weighted by Crippen LogP contribution is 2.47. The summed E-state index contributed by atoms with van der Waals surface area (Å²) in [5, 5.41) is 14.9. The second-order valence-corrected chi connectivity index (χ2v) is 9.36. The van der Waals surface area contributed by atoms with Crippen LogP contribution in [0, 0.1) is 0 Å². The molecule has 2 heterocycles. The highest BCUT2D eigenvalue weighted by molar-refractivity contribution is 7.19. The molecule has 0 aliphatic heterocycles. The number of nitrogens with one attached hydrogen (secondary N) is 1. The normalized spacial score (nSPS) is 27.0. The number of hydrogen-bond donors (Lipinski definition) is 2. The first-order chi connectivity index (χ1) is 12.5. The molecule has 0 bridgehead atoms. The number of fused-ring (bicyclic) bond motifs is 3. The summed E-state index contributed by atoms with van der Waals surface area (Å²) in [6.45, 7) is 1.89. The second kappa shape index (κ2) is 7.41. The zero-order valence-electron chi connectivity index (χ0n) is 16.0. The molecule has 1 fully saturated rings. The smallest absolute Gasteiger partial charge is 0.138 e. The highest BCUT2D eigenvalue weighted by atomic mass is 32.1. The summed E-state index contributed by atoms with van der Waals surface area (Å²) in [5.41, 5.74) is 1.41. The van der Waals surface area contributed by atoms with Crippen LogP contribution < -0.4 is 5.32 Å². The molecule has 6 heteroatoms. The van der Waals surface area contributed by atoms with E-state index in [1.54, 1.807) is 6.33 Å². The maximum Gasteiger partial charge on any atom is 0.138 e. The van der Waals surface area contributed by atoms with Gasteiger partial charge in [0.15, 0.2) is 0 Å². The van der Waals surface area contributed by atoms with Crippen LogP contribution in [0.3, 0.4) is 0 Å². The fourth-order valence-electron chi connectivity index (χ4n) is 4.75. The summed E-state index contributed by atoms with van der Waals surface area (Å²) >= 11 is 1.82. The van der Waals surface area contributed by atoms with Crippen molar-refractivity contribution in [3.05, 3.63) is 16.8 Å². The lowest BCUT2D eigenvalue weighted by molar-refractivity contribution is 0.174. The number of thiophene rings is 1. The van der Waals surface area contributed by atoms with Crippen LogP contribution in [-0.4, -0.2) is 52.3 Å². The van der Waals surface area contributed by atoms with Gasteiger partial charge in [-0.1, -0.05) is 0 Å². The Hall–Kier alpha value is -1.24. The predicted molar refractivity (Wildman–Crippen MR) is 108 cm³/mol. The van der Waals surface area contributed by atoms with Crippen LogP contribution in [0.25, 0.3) is 10.2 Å². The van der Waals surface area contributed by atoms with E-state index < -0.39 is 0 Å². The Morgan fingerprint density at radius 3 is 2.69 bits per heavy atom. The number of rotatable bonds is 5. The number of hydrogen-bond acceptors (Lipinski definition) is 6. The second-order valence-electron chi connectivity index (χ2n) is 8.28. The Kier molecular flexibility index (Phi) is 5.17. The number of anilines is 1. The fourth-order valence-corrected chi connectivity index (χ4v) is 6.00. The summed E-state index contributed by atoms with van der Waals surface area (Å²) in [7, 11) is 4.37. The molecule has 0 saturated heterocycles. The van der Waals surface area contributed by atoms with Crippen molar-refractivity contribution < 1.29 is 5.11 Å². The summed E-state index contributed by atoms with van der Waals surface area (Å²) in [5.74, 6) is 1.45. The quantitative estimate of drug-likeness (QED) is 0.834. The van der Waals surface area contributed by atoms with Gasteiger partial charge >= 0.3 is 0 Å². The molecule has 5 nitrogen and oxygen atoms in total. The van der Waals surface area contributed by atoms with Gasteiger partial charge in [0.1, 0.15) is 17.0 Å². The lowest BCUT2D eigenvalue weighted by atomic mass is 9.90. The molecule has 2 aliphatic carbocycles. The number of aliphatic hydroxyl groups is 1.